The van der Waals surface area contributed by atoms with E-state index >= 15 is 0 Å². The monoisotopic (exact) mass is 426 g/mol. The normalized spacial score (nSPS) is 15.0. The lowest BCUT2D eigenvalue weighted by Crippen LogP contribution is -2.48. The van der Waals surface area contributed by atoms with E-state index < -0.39 is 0 Å². The van der Waals surface area contributed by atoms with E-state index in [1.165, 1.54) is 10.3 Å². The summed E-state index contributed by atoms with van der Waals surface area (Å²) in [5.74, 6) is 0.566. The van der Waals surface area contributed by atoms with E-state index in [1.807, 2.05) is 30.3 Å². The van der Waals surface area contributed by atoms with Crippen LogP contribution in [0.4, 0.5) is 5.13 Å². The molecule has 3 aromatic rings. The second-order valence-corrected chi connectivity index (χ2v) is 9.31. The molecular formula is C22H26N4OS2. The third-order valence-corrected chi connectivity index (χ3v) is 7.13. The summed E-state index contributed by atoms with van der Waals surface area (Å²) in [6.07, 6.45) is 0. The number of aromatic nitrogens is 1. The smallest absolute Gasteiger partial charge is 0.230 e. The van der Waals surface area contributed by atoms with Crippen molar-refractivity contribution in [1.29, 1.82) is 0 Å². The van der Waals surface area contributed by atoms with Gasteiger partial charge in [-0.2, -0.15) is 0 Å². The Morgan fingerprint density at radius 2 is 1.93 bits per heavy atom. The number of thiazole rings is 1. The van der Waals surface area contributed by atoms with Crippen molar-refractivity contribution in [3.05, 3.63) is 54.1 Å². The summed E-state index contributed by atoms with van der Waals surface area (Å²) in [5.41, 5.74) is 2.37. The lowest BCUT2D eigenvalue weighted by molar-refractivity contribution is -0.118. The predicted molar refractivity (Wildman–Crippen MR) is 123 cm³/mol. The molecule has 0 spiro atoms. The van der Waals surface area contributed by atoms with Crippen LogP contribution in [-0.2, 0) is 4.79 Å². The number of hydrogen-bond donors (Lipinski definition) is 1. The van der Waals surface area contributed by atoms with E-state index in [4.69, 9.17) is 4.98 Å². The predicted octanol–water partition coefficient (Wildman–Crippen LogP) is 3.64. The standard InChI is InChI=1S/C22H26N4OS2/c1-17-7-8-19-20(15-17)29-22(24-19)26-13-11-25(12-14-26)10-9-23-21(27)16-28-18-5-3-2-4-6-18/h2-8,15H,9-14,16H2,1H3,(H,23,27). The molecule has 0 aliphatic carbocycles. The molecule has 4 rings (SSSR count). The highest BCUT2D eigenvalue weighted by Gasteiger charge is 2.19. The van der Waals surface area contributed by atoms with Crippen LogP contribution in [0.15, 0.2) is 53.4 Å². The molecule has 2 aromatic carbocycles. The molecule has 29 heavy (non-hydrogen) atoms. The second-order valence-electron chi connectivity index (χ2n) is 7.25. The van der Waals surface area contributed by atoms with Gasteiger partial charge in [0.25, 0.3) is 0 Å². The van der Waals surface area contributed by atoms with Crippen LogP contribution in [0.3, 0.4) is 0 Å². The number of nitrogens with zero attached hydrogens (tertiary/aromatic N) is 3. The Hall–Kier alpha value is -2.09. The molecule has 1 aromatic heterocycles. The highest BCUT2D eigenvalue weighted by molar-refractivity contribution is 8.00. The number of fused-ring (bicyclic) bond motifs is 1. The maximum Gasteiger partial charge on any atom is 0.230 e. The molecule has 0 radical (unpaired) electrons. The van der Waals surface area contributed by atoms with Gasteiger partial charge in [-0.1, -0.05) is 35.6 Å². The molecular weight excluding hydrogens is 400 g/mol. The van der Waals surface area contributed by atoms with Crippen molar-refractivity contribution in [2.45, 2.75) is 11.8 Å². The van der Waals surface area contributed by atoms with Gasteiger partial charge in [-0.25, -0.2) is 4.98 Å². The minimum absolute atomic E-state index is 0.0993. The summed E-state index contributed by atoms with van der Waals surface area (Å²) in [7, 11) is 0. The van der Waals surface area contributed by atoms with E-state index in [0.29, 0.717) is 12.3 Å². The first-order valence-corrected chi connectivity index (χ1v) is 11.8. The number of benzene rings is 2. The van der Waals surface area contributed by atoms with Crippen molar-refractivity contribution in [3.63, 3.8) is 0 Å². The molecule has 0 bridgehead atoms. The number of amides is 1. The molecule has 152 valence electrons. The summed E-state index contributed by atoms with van der Waals surface area (Å²) in [6.45, 7) is 7.69. The largest absolute Gasteiger partial charge is 0.354 e. The topological polar surface area (TPSA) is 48.5 Å². The Morgan fingerprint density at radius 1 is 1.14 bits per heavy atom. The van der Waals surface area contributed by atoms with Crippen LogP contribution in [0.25, 0.3) is 10.2 Å². The minimum Gasteiger partial charge on any atom is -0.354 e. The van der Waals surface area contributed by atoms with Crippen LogP contribution < -0.4 is 10.2 Å². The fraction of sp³-hybridized carbons (Fsp3) is 0.364. The van der Waals surface area contributed by atoms with Gasteiger partial charge in [0.1, 0.15) is 0 Å². The van der Waals surface area contributed by atoms with Crippen molar-refractivity contribution in [1.82, 2.24) is 15.2 Å². The molecule has 0 unspecified atom stereocenters. The van der Waals surface area contributed by atoms with Gasteiger partial charge in [0, 0.05) is 44.2 Å². The minimum atomic E-state index is 0.0993. The number of hydrogen-bond acceptors (Lipinski definition) is 6. The van der Waals surface area contributed by atoms with Crippen molar-refractivity contribution < 1.29 is 4.79 Å². The van der Waals surface area contributed by atoms with Gasteiger partial charge in [0.2, 0.25) is 5.91 Å². The van der Waals surface area contributed by atoms with Gasteiger partial charge >= 0.3 is 0 Å². The molecule has 1 N–H and O–H groups in total. The highest BCUT2D eigenvalue weighted by atomic mass is 32.2. The molecule has 1 aliphatic heterocycles. The fourth-order valence-electron chi connectivity index (χ4n) is 3.39. The number of thioether (sulfide) groups is 1. The third-order valence-electron chi connectivity index (χ3n) is 5.04. The molecule has 0 atom stereocenters. The summed E-state index contributed by atoms with van der Waals surface area (Å²) >= 11 is 3.36. The number of carbonyl (C=O) groups is 1. The van der Waals surface area contributed by atoms with E-state index in [-0.39, 0.29) is 5.91 Å². The van der Waals surface area contributed by atoms with Crippen LogP contribution >= 0.6 is 23.1 Å². The molecule has 0 saturated carbocycles. The lowest BCUT2D eigenvalue weighted by atomic mass is 10.2. The highest BCUT2D eigenvalue weighted by Crippen LogP contribution is 2.30. The maximum absolute atomic E-state index is 12.0. The second kappa shape index (κ2) is 9.61. The van der Waals surface area contributed by atoms with E-state index in [2.05, 4.69) is 40.2 Å². The summed E-state index contributed by atoms with van der Waals surface area (Å²) in [6, 6.07) is 16.5. The zero-order valence-corrected chi connectivity index (χ0v) is 18.3. The average Bonchev–Trinajstić information content (AvgIpc) is 3.17. The molecule has 7 heteroatoms. The zero-order chi connectivity index (χ0) is 20.1. The Labute approximate surface area is 180 Å². The summed E-state index contributed by atoms with van der Waals surface area (Å²) in [4.78, 5) is 22.8. The molecule has 1 fully saturated rings. The number of rotatable bonds is 7. The molecule has 1 saturated heterocycles. The van der Waals surface area contributed by atoms with Gasteiger partial charge < -0.3 is 10.2 Å². The van der Waals surface area contributed by atoms with Gasteiger partial charge in [0.15, 0.2) is 5.13 Å². The van der Waals surface area contributed by atoms with Gasteiger partial charge in [-0.05, 0) is 36.8 Å². The van der Waals surface area contributed by atoms with Crippen molar-refractivity contribution in [2.24, 2.45) is 0 Å². The lowest BCUT2D eigenvalue weighted by Gasteiger charge is -2.34. The number of nitrogens with one attached hydrogen (secondary N) is 1. The first-order valence-electron chi connectivity index (χ1n) is 9.96. The van der Waals surface area contributed by atoms with Crippen LogP contribution in [0.1, 0.15) is 5.56 Å². The molecule has 1 amide bonds. The summed E-state index contributed by atoms with van der Waals surface area (Å²) in [5, 5.41) is 4.16. The number of aryl methyl sites for hydroxylation is 1. The molecule has 2 heterocycles. The van der Waals surface area contributed by atoms with Crippen molar-refractivity contribution in [3.8, 4) is 0 Å². The van der Waals surface area contributed by atoms with Gasteiger partial charge in [-0.3, -0.25) is 9.69 Å². The van der Waals surface area contributed by atoms with E-state index in [9.17, 15) is 4.79 Å². The van der Waals surface area contributed by atoms with E-state index in [0.717, 1.165) is 48.3 Å². The Bertz CT molecular complexity index is 952. The first kappa shape index (κ1) is 20.2. The van der Waals surface area contributed by atoms with Crippen molar-refractivity contribution in [2.75, 3.05) is 49.9 Å². The molecule has 5 nitrogen and oxygen atoms in total. The Kier molecular flexibility index (Phi) is 6.69. The van der Waals surface area contributed by atoms with Crippen LogP contribution in [-0.4, -0.2) is 60.8 Å². The summed E-state index contributed by atoms with van der Waals surface area (Å²) < 4.78 is 1.26. The van der Waals surface area contributed by atoms with Crippen molar-refractivity contribution >= 4 is 44.4 Å². The fourth-order valence-corrected chi connectivity index (χ4v) is 5.25. The van der Waals surface area contributed by atoms with Crippen LogP contribution in [0, 0.1) is 6.92 Å². The maximum atomic E-state index is 12.0. The Morgan fingerprint density at radius 3 is 2.72 bits per heavy atom. The van der Waals surface area contributed by atoms with Crippen LogP contribution in [0.5, 0.6) is 0 Å². The van der Waals surface area contributed by atoms with Gasteiger partial charge in [-0.15, -0.1) is 11.8 Å². The molecule has 1 aliphatic rings. The SMILES string of the molecule is Cc1ccc2nc(N3CCN(CCNC(=O)CSc4ccccc4)CC3)sc2c1. The average molecular weight is 427 g/mol. The third kappa shape index (κ3) is 5.50. The van der Waals surface area contributed by atoms with Gasteiger partial charge in [0.05, 0.1) is 16.0 Å². The number of carbonyl (C=O) groups excluding carboxylic acids is 1. The number of anilines is 1. The van der Waals surface area contributed by atoms with Crippen LogP contribution in [0.2, 0.25) is 0 Å². The quantitative estimate of drug-likeness (QED) is 0.585. The van der Waals surface area contributed by atoms with E-state index in [1.54, 1.807) is 23.1 Å². The number of piperazine rings is 1. The first-order chi connectivity index (χ1) is 14.2. The Balaban J connectivity index is 1.17. The zero-order valence-electron chi connectivity index (χ0n) is 16.6.